The first-order valence-corrected chi connectivity index (χ1v) is 11.9. The molecule has 32 heavy (non-hydrogen) atoms. The lowest BCUT2D eigenvalue weighted by Crippen LogP contribution is -2.44. The molecule has 10 heteroatoms. The van der Waals surface area contributed by atoms with Crippen LogP contribution in [0.5, 0.6) is 0 Å². The zero-order valence-electron chi connectivity index (χ0n) is 18.9. The summed E-state index contributed by atoms with van der Waals surface area (Å²) < 4.78 is 10.0. The second-order valence-electron chi connectivity index (χ2n) is 8.41. The zero-order valence-corrected chi connectivity index (χ0v) is 18.9. The number of urea groups is 2. The second kappa shape index (κ2) is 15.3. The molecule has 0 aromatic rings. The van der Waals surface area contributed by atoms with E-state index in [-0.39, 0.29) is 63.3 Å². The van der Waals surface area contributed by atoms with E-state index in [4.69, 9.17) is 9.47 Å². The van der Waals surface area contributed by atoms with Crippen LogP contribution < -0.4 is 21.3 Å². The Morgan fingerprint density at radius 2 is 0.969 bits per heavy atom. The molecule has 0 bridgehead atoms. The smallest absolute Gasteiger partial charge is 0.315 e. The molecular weight excluding hydrogens is 416 g/mol. The molecule has 2 rings (SSSR count). The number of carbonyl (C=O) groups excluding carboxylic acids is 4. The molecule has 0 aromatic carbocycles. The minimum absolute atomic E-state index is 0.0476. The highest BCUT2D eigenvalue weighted by atomic mass is 16.5. The Balaban J connectivity index is 1.40. The average molecular weight is 455 g/mol. The largest absolute Gasteiger partial charge is 0.464 e. The molecule has 0 aromatic heterocycles. The molecule has 2 aliphatic carbocycles. The van der Waals surface area contributed by atoms with Gasteiger partial charge in [0.05, 0.1) is 25.9 Å². The predicted molar refractivity (Wildman–Crippen MR) is 118 cm³/mol. The highest BCUT2D eigenvalue weighted by Gasteiger charge is 2.16. The van der Waals surface area contributed by atoms with E-state index in [2.05, 4.69) is 21.3 Å². The zero-order chi connectivity index (χ0) is 23.0. The van der Waals surface area contributed by atoms with Gasteiger partial charge in [0, 0.05) is 12.1 Å². The Labute approximate surface area is 189 Å². The Kier molecular flexibility index (Phi) is 12.3. The molecule has 182 valence electrons. The molecule has 0 saturated heterocycles. The maximum atomic E-state index is 11.8. The topological polar surface area (TPSA) is 135 Å². The molecule has 2 fully saturated rings. The summed E-state index contributed by atoms with van der Waals surface area (Å²) in [7, 11) is 0. The molecule has 2 aliphatic rings. The minimum atomic E-state index is -0.526. The van der Waals surface area contributed by atoms with Gasteiger partial charge < -0.3 is 30.7 Å². The SMILES string of the molecule is O=C(NCCOC(=O)CCC(=O)OCCNC(=O)NC1CCCCC1)NC1CCCCC1. The average Bonchev–Trinajstić information content (AvgIpc) is 2.79. The van der Waals surface area contributed by atoms with E-state index in [9.17, 15) is 19.2 Å². The molecule has 2 saturated carbocycles. The van der Waals surface area contributed by atoms with Gasteiger partial charge in [-0.15, -0.1) is 0 Å². The minimum Gasteiger partial charge on any atom is -0.464 e. The van der Waals surface area contributed by atoms with Gasteiger partial charge in [0.15, 0.2) is 0 Å². The van der Waals surface area contributed by atoms with Gasteiger partial charge in [0.25, 0.3) is 0 Å². The van der Waals surface area contributed by atoms with Crippen LogP contribution in [0.2, 0.25) is 0 Å². The third-order valence-electron chi connectivity index (χ3n) is 5.72. The van der Waals surface area contributed by atoms with Crippen LogP contribution in [-0.4, -0.2) is 62.4 Å². The Morgan fingerprint density at radius 1 is 0.594 bits per heavy atom. The van der Waals surface area contributed by atoms with Crippen molar-refractivity contribution < 1.29 is 28.7 Å². The lowest BCUT2D eigenvalue weighted by Gasteiger charge is -2.22. The van der Waals surface area contributed by atoms with Crippen molar-refractivity contribution in [2.45, 2.75) is 89.1 Å². The van der Waals surface area contributed by atoms with Crippen molar-refractivity contribution in [1.29, 1.82) is 0 Å². The Hall–Kier alpha value is -2.52. The number of hydrogen-bond acceptors (Lipinski definition) is 6. The van der Waals surface area contributed by atoms with Gasteiger partial charge in [-0.1, -0.05) is 38.5 Å². The van der Waals surface area contributed by atoms with Crippen molar-refractivity contribution in [2.75, 3.05) is 26.3 Å². The van der Waals surface area contributed by atoms with Crippen LogP contribution in [0.15, 0.2) is 0 Å². The second-order valence-corrected chi connectivity index (χ2v) is 8.41. The first kappa shape index (κ1) is 25.7. The summed E-state index contributed by atoms with van der Waals surface area (Å²) in [4.78, 5) is 47.0. The van der Waals surface area contributed by atoms with Crippen molar-refractivity contribution in [2.24, 2.45) is 0 Å². The molecule has 10 nitrogen and oxygen atoms in total. The van der Waals surface area contributed by atoms with Crippen LogP contribution in [0.25, 0.3) is 0 Å². The van der Waals surface area contributed by atoms with Gasteiger partial charge in [0.1, 0.15) is 13.2 Å². The summed E-state index contributed by atoms with van der Waals surface area (Å²) in [6, 6.07) is -0.0623. The van der Waals surface area contributed by atoms with Gasteiger partial charge in [-0.2, -0.15) is 0 Å². The standard InChI is InChI=1S/C22H38N4O6/c27-19(31-15-13-23-21(29)25-17-7-3-1-4-8-17)11-12-20(28)32-16-14-24-22(30)26-18-9-5-2-6-10-18/h17-18H,1-16H2,(H2,23,25,29)(H2,24,26,30). The third-order valence-corrected chi connectivity index (χ3v) is 5.72. The summed E-state index contributed by atoms with van der Waals surface area (Å²) in [5, 5.41) is 11.2. The maximum Gasteiger partial charge on any atom is 0.315 e. The fourth-order valence-corrected chi connectivity index (χ4v) is 3.97. The summed E-state index contributed by atoms with van der Waals surface area (Å²) in [5.41, 5.74) is 0. The molecule has 0 spiro atoms. The number of ether oxygens (including phenoxy) is 2. The Morgan fingerprint density at radius 3 is 1.34 bits per heavy atom. The Bertz CT molecular complexity index is 551. The van der Waals surface area contributed by atoms with Gasteiger partial charge in [-0.3, -0.25) is 9.59 Å². The fourth-order valence-electron chi connectivity index (χ4n) is 3.97. The van der Waals surface area contributed by atoms with E-state index >= 15 is 0 Å². The summed E-state index contributed by atoms with van der Waals surface area (Å²) in [6.07, 6.45) is 10.8. The maximum absolute atomic E-state index is 11.8. The van der Waals surface area contributed by atoms with E-state index in [0.29, 0.717) is 0 Å². The molecule has 0 heterocycles. The highest BCUT2D eigenvalue weighted by Crippen LogP contribution is 2.17. The van der Waals surface area contributed by atoms with Crippen LogP contribution >= 0.6 is 0 Å². The number of rotatable bonds is 11. The van der Waals surface area contributed by atoms with E-state index in [1.54, 1.807) is 0 Å². The van der Waals surface area contributed by atoms with Crippen molar-refractivity contribution in [3.05, 3.63) is 0 Å². The molecule has 0 atom stereocenters. The monoisotopic (exact) mass is 454 g/mol. The fraction of sp³-hybridized carbons (Fsp3) is 0.818. The van der Waals surface area contributed by atoms with Gasteiger partial charge in [0.2, 0.25) is 0 Å². The normalized spacial score (nSPS) is 17.1. The predicted octanol–water partition coefficient (Wildman–Crippen LogP) is 2.12. The van der Waals surface area contributed by atoms with Crippen molar-refractivity contribution in [1.82, 2.24) is 21.3 Å². The number of nitrogens with one attached hydrogen (secondary N) is 4. The number of hydrogen-bond donors (Lipinski definition) is 4. The third kappa shape index (κ3) is 11.8. The molecule has 0 radical (unpaired) electrons. The quantitative estimate of drug-likeness (QED) is 0.279. The first-order chi connectivity index (χ1) is 15.5. The molecule has 0 unspecified atom stereocenters. The van der Waals surface area contributed by atoms with Crippen LogP contribution in [-0.2, 0) is 19.1 Å². The van der Waals surface area contributed by atoms with E-state index < -0.39 is 11.9 Å². The summed E-state index contributed by atoms with van der Waals surface area (Å²) in [5.74, 6) is -1.05. The first-order valence-electron chi connectivity index (χ1n) is 11.9. The van der Waals surface area contributed by atoms with Crippen LogP contribution in [0, 0.1) is 0 Å². The lowest BCUT2D eigenvalue weighted by molar-refractivity contribution is -0.150. The van der Waals surface area contributed by atoms with Crippen molar-refractivity contribution in [3.8, 4) is 0 Å². The number of esters is 2. The van der Waals surface area contributed by atoms with Gasteiger partial charge >= 0.3 is 24.0 Å². The summed E-state index contributed by atoms with van der Waals surface area (Å²) in [6.45, 7) is 0.518. The molecule has 0 aliphatic heterocycles. The van der Waals surface area contributed by atoms with Crippen LogP contribution in [0.3, 0.4) is 0 Å². The number of amides is 4. The van der Waals surface area contributed by atoms with Crippen LogP contribution in [0.4, 0.5) is 9.59 Å². The van der Waals surface area contributed by atoms with Crippen LogP contribution in [0.1, 0.15) is 77.0 Å². The molecular formula is C22H38N4O6. The van der Waals surface area contributed by atoms with Crippen molar-refractivity contribution >= 4 is 24.0 Å². The number of carbonyl (C=O) groups is 4. The van der Waals surface area contributed by atoms with E-state index in [1.807, 2.05) is 0 Å². The molecule has 4 N–H and O–H groups in total. The molecule has 4 amide bonds. The van der Waals surface area contributed by atoms with Gasteiger partial charge in [-0.05, 0) is 25.7 Å². The van der Waals surface area contributed by atoms with E-state index in [0.717, 1.165) is 51.4 Å². The van der Waals surface area contributed by atoms with E-state index in [1.165, 1.54) is 12.8 Å². The lowest BCUT2D eigenvalue weighted by atomic mass is 9.96. The highest BCUT2D eigenvalue weighted by molar-refractivity contribution is 5.78. The van der Waals surface area contributed by atoms with Gasteiger partial charge in [-0.25, -0.2) is 9.59 Å². The van der Waals surface area contributed by atoms with Crippen molar-refractivity contribution in [3.63, 3.8) is 0 Å². The summed E-state index contributed by atoms with van der Waals surface area (Å²) >= 11 is 0.